The van der Waals surface area contributed by atoms with E-state index in [0.29, 0.717) is 11.8 Å². The van der Waals surface area contributed by atoms with Crippen LogP contribution in [0.15, 0.2) is 59.4 Å². The van der Waals surface area contributed by atoms with E-state index >= 15 is 0 Å². The van der Waals surface area contributed by atoms with Crippen LogP contribution in [0.2, 0.25) is 0 Å². The standard InChI is InChI=1S/C32H33N5O4S/c1-18-13-23(19(2)34-27-8-6-5-7-22(27)31(38)39)24-15-25(30(35-28(24)14-18)26-17-41-36-20(26)3)29-16-33-32(42-29)37-11-9-21(40-4)10-12-37/h5-8,13-17,19,21,34H,9-12H2,1-4H3,(H,38,39). The number of benzene rings is 2. The van der Waals surface area contributed by atoms with Gasteiger partial charge in [0, 0.05) is 49.1 Å². The highest BCUT2D eigenvalue weighted by Gasteiger charge is 2.24. The number of nitrogens with zero attached hydrogens (tertiary/aromatic N) is 4. The van der Waals surface area contributed by atoms with Crippen molar-refractivity contribution in [1.82, 2.24) is 15.1 Å². The molecule has 5 aromatic rings. The number of thiazole rings is 1. The number of anilines is 2. The van der Waals surface area contributed by atoms with Crippen molar-refractivity contribution < 1.29 is 19.2 Å². The van der Waals surface area contributed by atoms with Crippen molar-refractivity contribution in [3.8, 4) is 21.7 Å². The summed E-state index contributed by atoms with van der Waals surface area (Å²) in [6.07, 6.45) is 5.83. The number of para-hydroxylation sites is 1. The Morgan fingerprint density at radius 2 is 1.95 bits per heavy atom. The van der Waals surface area contributed by atoms with Crippen molar-refractivity contribution >= 4 is 39.0 Å². The van der Waals surface area contributed by atoms with Crippen LogP contribution in [-0.2, 0) is 4.74 Å². The lowest BCUT2D eigenvalue weighted by atomic mass is 9.95. The summed E-state index contributed by atoms with van der Waals surface area (Å²) in [4.78, 5) is 25.2. The topological polar surface area (TPSA) is 114 Å². The van der Waals surface area contributed by atoms with Gasteiger partial charge in [-0.3, -0.25) is 0 Å². The fraction of sp³-hybridized carbons (Fsp3) is 0.312. The van der Waals surface area contributed by atoms with Crippen LogP contribution < -0.4 is 10.2 Å². The Kier molecular flexibility index (Phi) is 7.66. The Morgan fingerprint density at radius 3 is 2.67 bits per heavy atom. The van der Waals surface area contributed by atoms with Gasteiger partial charge in [-0.05, 0) is 69.0 Å². The second-order valence-corrected chi connectivity index (χ2v) is 11.8. The van der Waals surface area contributed by atoms with Gasteiger partial charge < -0.3 is 24.6 Å². The van der Waals surface area contributed by atoms with Crippen LogP contribution in [0.4, 0.5) is 10.8 Å². The smallest absolute Gasteiger partial charge is 0.337 e. The fourth-order valence-corrected chi connectivity index (χ4v) is 6.63. The minimum absolute atomic E-state index is 0.190. The molecule has 0 spiro atoms. The third-order valence-corrected chi connectivity index (χ3v) is 9.01. The van der Waals surface area contributed by atoms with Crippen LogP contribution in [0, 0.1) is 13.8 Å². The van der Waals surface area contributed by atoms with Crippen molar-refractivity contribution in [2.24, 2.45) is 0 Å². The molecule has 0 radical (unpaired) electrons. The third-order valence-electron chi connectivity index (χ3n) is 7.92. The molecule has 0 amide bonds. The van der Waals surface area contributed by atoms with Gasteiger partial charge in [0.1, 0.15) is 6.26 Å². The quantitative estimate of drug-likeness (QED) is 0.197. The average molecular weight is 584 g/mol. The van der Waals surface area contributed by atoms with E-state index < -0.39 is 5.97 Å². The number of rotatable bonds is 8. The Bertz CT molecular complexity index is 1760. The van der Waals surface area contributed by atoms with Crippen molar-refractivity contribution in [3.05, 3.63) is 77.3 Å². The molecule has 42 heavy (non-hydrogen) atoms. The molecule has 216 valence electrons. The third kappa shape index (κ3) is 5.35. The van der Waals surface area contributed by atoms with Gasteiger partial charge in [-0.25, -0.2) is 14.8 Å². The highest BCUT2D eigenvalue weighted by atomic mass is 32.1. The summed E-state index contributed by atoms with van der Waals surface area (Å²) >= 11 is 1.65. The Balaban J connectivity index is 1.45. The summed E-state index contributed by atoms with van der Waals surface area (Å²) < 4.78 is 10.9. The molecule has 0 bridgehead atoms. The first-order chi connectivity index (χ1) is 20.3. The van der Waals surface area contributed by atoms with Crippen molar-refractivity contribution in [3.63, 3.8) is 0 Å². The molecular weight excluding hydrogens is 550 g/mol. The van der Waals surface area contributed by atoms with E-state index in [-0.39, 0.29) is 11.6 Å². The van der Waals surface area contributed by atoms with E-state index in [2.05, 4.69) is 33.6 Å². The molecule has 1 aliphatic heterocycles. The average Bonchev–Trinajstić information content (AvgIpc) is 3.65. The van der Waals surface area contributed by atoms with Gasteiger partial charge in [0.05, 0.1) is 39.0 Å². The molecule has 6 rings (SSSR count). The monoisotopic (exact) mass is 583 g/mol. The molecule has 10 heteroatoms. The molecule has 3 aromatic heterocycles. The number of piperidine rings is 1. The van der Waals surface area contributed by atoms with E-state index in [1.165, 1.54) is 0 Å². The number of pyridine rings is 1. The van der Waals surface area contributed by atoms with Crippen LogP contribution in [0.25, 0.3) is 32.6 Å². The number of hydrogen-bond acceptors (Lipinski definition) is 9. The summed E-state index contributed by atoms with van der Waals surface area (Å²) in [7, 11) is 1.78. The number of nitrogens with one attached hydrogen (secondary N) is 1. The zero-order valence-corrected chi connectivity index (χ0v) is 24.9. The van der Waals surface area contributed by atoms with Gasteiger partial charge in [-0.2, -0.15) is 0 Å². The Morgan fingerprint density at radius 1 is 1.17 bits per heavy atom. The summed E-state index contributed by atoms with van der Waals surface area (Å²) in [6.45, 7) is 7.81. The van der Waals surface area contributed by atoms with Crippen LogP contribution in [0.3, 0.4) is 0 Å². The van der Waals surface area contributed by atoms with Gasteiger partial charge in [0.25, 0.3) is 0 Å². The Hall–Kier alpha value is -4.28. The highest BCUT2D eigenvalue weighted by Crippen LogP contribution is 2.41. The number of hydrogen-bond donors (Lipinski definition) is 2. The number of carboxylic acid groups (broad SMARTS) is 1. The molecule has 2 N–H and O–H groups in total. The second-order valence-electron chi connectivity index (χ2n) is 10.8. The predicted molar refractivity (Wildman–Crippen MR) is 166 cm³/mol. The number of aromatic carboxylic acids is 1. The lowest BCUT2D eigenvalue weighted by Crippen LogP contribution is -2.36. The maximum absolute atomic E-state index is 11.9. The maximum Gasteiger partial charge on any atom is 0.337 e. The summed E-state index contributed by atoms with van der Waals surface area (Å²) in [5.41, 5.74) is 7.09. The first-order valence-corrected chi connectivity index (χ1v) is 14.8. The first-order valence-electron chi connectivity index (χ1n) is 14.0. The van der Waals surface area contributed by atoms with E-state index in [1.54, 1.807) is 42.9 Å². The molecule has 1 aliphatic rings. The minimum atomic E-state index is -0.968. The van der Waals surface area contributed by atoms with Gasteiger partial charge in [-0.15, -0.1) is 0 Å². The molecule has 9 nitrogen and oxygen atoms in total. The normalized spacial score (nSPS) is 14.8. The number of ether oxygens (including phenoxy) is 1. The number of carboxylic acids is 1. The van der Waals surface area contributed by atoms with Gasteiger partial charge in [0.2, 0.25) is 0 Å². The maximum atomic E-state index is 11.9. The molecule has 1 saturated heterocycles. The van der Waals surface area contributed by atoms with E-state index in [0.717, 1.165) is 80.5 Å². The van der Waals surface area contributed by atoms with E-state index in [1.807, 2.05) is 33.0 Å². The molecule has 1 unspecified atom stereocenters. The van der Waals surface area contributed by atoms with Crippen LogP contribution >= 0.6 is 11.3 Å². The van der Waals surface area contributed by atoms with Crippen LogP contribution in [0.1, 0.15) is 53.0 Å². The first kappa shape index (κ1) is 27.9. The second kappa shape index (κ2) is 11.5. The van der Waals surface area contributed by atoms with Gasteiger partial charge >= 0.3 is 5.97 Å². The molecule has 0 saturated carbocycles. The number of aromatic nitrogens is 3. The molecule has 2 aromatic carbocycles. The largest absolute Gasteiger partial charge is 0.478 e. The SMILES string of the molecule is COC1CCN(c2ncc(-c3cc4c(C(C)Nc5ccccc5C(=O)O)cc(C)cc4nc3-c3conc3C)s2)CC1. The van der Waals surface area contributed by atoms with E-state index in [4.69, 9.17) is 19.2 Å². The lowest BCUT2D eigenvalue weighted by Gasteiger charge is -2.30. The molecule has 1 fully saturated rings. The summed E-state index contributed by atoms with van der Waals surface area (Å²) in [5, 5.41) is 19.2. The predicted octanol–water partition coefficient (Wildman–Crippen LogP) is 7.12. The lowest BCUT2D eigenvalue weighted by molar-refractivity contribution is 0.0697. The summed E-state index contributed by atoms with van der Waals surface area (Å²) in [5.74, 6) is -0.968. The molecule has 4 heterocycles. The highest BCUT2D eigenvalue weighted by molar-refractivity contribution is 7.19. The molecular formula is C32H33N5O4S. The fourth-order valence-electron chi connectivity index (χ4n) is 5.65. The minimum Gasteiger partial charge on any atom is -0.478 e. The molecule has 0 aliphatic carbocycles. The van der Waals surface area contributed by atoms with Gasteiger partial charge in [0.15, 0.2) is 5.13 Å². The van der Waals surface area contributed by atoms with Crippen molar-refractivity contribution in [2.75, 3.05) is 30.4 Å². The van der Waals surface area contributed by atoms with Crippen molar-refractivity contribution in [2.45, 2.75) is 45.8 Å². The summed E-state index contributed by atoms with van der Waals surface area (Å²) in [6, 6.07) is 13.2. The molecule has 1 atom stereocenters. The number of methoxy groups -OCH3 is 1. The van der Waals surface area contributed by atoms with Crippen molar-refractivity contribution in [1.29, 1.82) is 0 Å². The van der Waals surface area contributed by atoms with Crippen LogP contribution in [0.5, 0.6) is 0 Å². The zero-order valence-electron chi connectivity index (χ0n) is 24.0. The van der Waals surface area contributed by atoms with E-state index in [9.17, 15) is 9.90 Å². The number of fused-ring (bicyclic) bond motifs is 1. The Labute approximate surface area is 248 Å². The number of aryl methyl sites for hydroxylation is 2. The number of carbonyl (C=O) groups is 1. The zero-order chi connectivity index (χ0) is 29.4. The van der Waals surface area contributed by atoms with Crippen LogP contribution in [-0.4, -0.2) is 52.5 Å². The van der Waals surface area contributed by atoms with Gasteiger partial charge in [-0.1, -0.05) is 34.7 Å².